The minimum absolute atomic E-state index is 0.121. The Morgan fingerprint density at radius 3 is 2.25 bits per heavy atom. The summed E-state index contributed by atoms with van der Waals surface area (Å²) in [4.78, 5) is 0. The highest BCUT2D eigenvalue weighted by Crippen LogP contribution is 2.72. The van der Waals surface area contributed by atoms with E-state index in [1.165, 1.54) is 5.56 Å². The molecule has 2 nitrogen and oxygen atoms in total. The van der Waals surface area contributed by atoms with E-state index in [4.69, 9.17) is 4.74 Å². The molecule has 0 spiro atoms. The van der Waals surface area contributed by atoms with Crippen LogP contribution in [0.5, 0.6) is 5.75 Å². The third-order valence-electron chi connectivity index (χ3n) is 5.88. The van der Waals surface area contributed by atoms with Gasteiger partial charge in [0, 0.05) is 12.3 Å². The molecule has 1 heterocycles. The minimum atomic E-state index is -0.381. The van der Waals surface area contributed by atoms with Crippen molar-refractivity contribution < 1.29 is 9.84 Å². The van der Waals surface area contributed by atoms with Crippen LogP contribution in [0.1, 0.15) is 58.8 Å². The van der Waals surface area contributed by atoms with Crippen molar-refractivity contribution in [2.45, 2.75) is 59.7 Å². The smallest absolute Gasteiger partial charge is 0.123 e. The highest BCUT2D eigenvalue weighted by molar-refractivity contribution is 5.43. The highest BCUT2D eigenvalue weighted by Gasteiger charge is 2.67. The van der Waals surface area contributed by atoms with Gasteiger partial charge in [-0.3, -0.25) is 0 Å². The Morgan fingerprint density at radius 1 is 1.10 bits per heavy atom. The van der Waals surface area contributed by atoms with Crippen molar-refractivity contribution >= 4 is 0 Å². The first-order valence-electron chi connectivity index (χ1n) is 7.56. The molecule has 110 valence electrons. The number of aliphatic hydroxyl groups excluding tert-OH is 1. The largest absolute Gasteiger partial charge is 0.487 e. The summed E-state index contributed by atoms with van der Waals surface area (Å²) in [5, 5.41) is 10.8. The number of ether oxygens (including phenoxy) is 1. The van der Waals surface area contributed by atoms with Gasteiger partial charge in [-0.15, -0.1) is 0 Å². The van der Waals surface area contributed by atoms with E-state index in [2.05, 4.69) is 47.6 Å². The number of aliphatic hydroxyl groups is 1. The van der Waals surface area contributed by atoms with E-state index in [1.807, 2.05) is 12.1 Å². The van der Waals surface area contributed by atoms with Gasteiger partial charge in [0.05, 0.1) is 6.10 Å². The van der Waals surface area contributed by atoms with Crippen LogP contribution in [0.3, 0.4) is 0 Å². The molecule has 1 unspecified atom stereocenters. The summed E-state index contributed by atoms with van der Waals surface area (Å²) in [7, 11) is 0. The molecule has 1 atom stereocenters. The van der Waals surface area contributed by atoms with Gasteiger partial charge in [0.25, 0.3) is 0 Å². The number of hydrogen-bond acceptors (Lipinski definition) is 2. The van der Waals surface area contributed by atoms with Crippen LogP contribution in [-0.4, -0.2) is 10.7 Å². The molecule has 1 N–H and O–H groups in total. The van der Waals surface area contributed by atoms with Crippen molar-refractivity contribution in [1.82, 2.24) is 0 Å². The number of hydrogen-bond donors (Lipinski definition) is 1. The first-order chi connectivity index (χ1) is 9.06. The van der Waals surface area contributed by atoms with Gasteiger partial charge in [-0.05, 0) is 47.9 Å². The van der Waals surface area contributed by atoms with Gasteiger partial charge in [0.2, 0.25) is 0 Å². The SMILES string of the molecule is CC1(C)Cc2cc(C(O)C3C(C)(C)C3(C)C)ccc2O1. The summed E-state index contributed by atoms with van der Waals surface area (Å²) in [5.41, 5.74) is 2.53. The third kappa shape index (κ3) is 1.81. The predicted octanol–water partition coefficient (Wildman–Crippen LogP) is 4.12. The predicted molar refractivity (Wildman–Crippen MR) is 80.9 cm³/mol. The Labute approximate surface area is 122 Å². The Balaban J connectivity index is 1.87. The lowest BCUT2D eigenvalue weighted by Gasteiger charge is -2.16. The second kappa shape index (κ2) is 3.79. The van der Waals surface area contributed by atoms with Gasteiger partial charge >= 0.3 is 0 Å². The van der Waals surface area contributed by atoms with E-state index in [1.54, 1.807) is 0 Å². The average Bonchev–Trinajstić information content (AvgIpc) is 2.59. The number of rotatable bonds is 2. The van der Waals surface area contributed by atoms with Crippen molar-refractivity contribution in [2.24, 2.45) is 16.7 Å². The molecule has 1 aliphatic carbocycles. The molecule has 2 aliphatic rings. The molecule has 0 aromatic heterocycles. The lowest BCUT2D eigenvalue weighted by atomic mass is 9.95. The highest BCUT2D eigenvalue weighted by atomic mass is 16.5. The molecule has 2 heteroatoms. The van der Waals surface area contributed by atoms with Gasteiger partial charge in [0.1, 0.15) is 11.4 Å². The lowest BCUT2D eigenvalue weighted by Crippen LogP contribution is -2.24. The van der Waals surface area contributed by atoms with Gasteiger partial charge in [0.15, 0.2) is 0 Å². The monoisotopic (exact) mass is 274 g/mol. The second-order valence-corrected chi connectivity index (χ2v) is 8.27. The van der Waals surface area contributed by atoms with E-state index >= 15 is 0 Å². The second-order valence-electron chi connectivity index (χ2n) is 8.27. The maximum Gasteiger partial charge on any atom is 0.123 e. The zero-order chi connectivity index (χ0) is 14.9. The molecule has 20 heavy (non-hydrogen) atoms. The average molecular weight is 274 g/mol. The fraction of sp³-hybridized carbons (Fsp3) is 0.667. The van der Waals surface area contributed by atoms with Gasteiger partial charge in [-0.2, -0.15) is 0 Å². The van der Waals surface area contributed by atoms with Crippen LogP contribution in [0.4, 0.5) is 0 Å². The topological polar surface area (TPSA) is 29.5 Å². The molecule has 0 radical (unpaired) electrons. The molecule has 3 rings (SSSR count). The number of fused-ring (bicyclic) bond motifs is 1. The summed E-state index contributed by atoms with van der Waals surface area (Å²) in [6.07, 6.45) is 0.536. The summed E-state index contributed by atoms with van der Waals surface area (Å²) < 4.78 is 5.91. The van der Waals surface area contributed by atoms with Crippen molar-refractivity contribution in [3.63, 3.8) is 0 Å². The summed E-state index contributed by atoms with van der Waals surface area (Å²) in [5.74, 6) is 1.30. The molecule has 0 bridgehead atoms. The quantitative estimate of drug-likeness (QED) is 0.879. The summed E-state index contributed by atoms with van der Waals surface area (Å²) in [6, 6.07) is 6.18. The molecular formula is C18H26O2. The van der Waals surface area contributed by atoms with Gasteiger partial charge < -0.3 is 9.84 Å². The van der Waals surface area contributed by atoms with E-state index in [0.29, 0.717) is 5.92 Å². The number of benzene rings is 1. The maximum absolute atomic E-state index is 10.8. The van der Waals surface area contributed by atoms with Crippen molar-refractivity contribution in [2.75, 3.05) is 0 Å². The molecule has 1 fully saturated rings. The first-order valence-corrected chi connectivity index (χ1v) is 7.56. The molecule has 1 aromatic rings. The van der Waals surface area contributed by atoms with Gasteiger partial charge in [-0.25, -0.2) is 0 Å². The van der Waals surface area contributed by atoms with E-state index in [0.717, 1.165) is 17.7 Å². The molecule has 1 aliphatic heterocycles. The van der Waals surface area contributed by atoms with E-state index in [-0.39, 0.29) is 22.5 Å². The molecule has 1 saturated carbocycles. The summed E-state index contributed by atoms with van der Waals surface area (Å²) >= 11 is 0. The lowest BCUT2D eigenvalue weighted by molar-refractivity contribution is 0.130. The Hall–Kier alpha value is -1.02. The Kier molecular flexibility index (Phi) is 2.64. The van der Waals surface area contributed by atoms with Crippen molar-refractivity contribution in [1.29, 1.82) is 0 Å². The van der Waals surface area contributed by atoms with Crippen LogP contribution in [0, 0.1) is 16.7 Å². The fourth-order valence-corrected chi connectivity index (χ4v) is 4.04. The minimum Gasteiger partial charge on any atom is -0.487 e. The maximum atomic E-state index is 10.8. The van der Waals surface area contributed by atoms with Crippen LogP contribution in [-0.2, 0) is 6.42 Å². The molecule has 0 saturated heterocycles. The van der Waals surface area contributed by atoms with Crippen molar-refractivity contribution in [3.05, 3.63) is 29.3 Å². The zero-order valence-corrected chi connectivity index (χ0v) is 13.4. The Morgan fingerprint density at radius 2 is 1.70 bits per heavy atom. The van der Waals surface area contributed by atoms with Crippen LogP contribution < -0.4 is 4.74 Å². The molecular weight excluding hydrogens is 248 g/mol. The van der Waals surface area contributed by atoms with E-state index in [9.17, 15) is 5.11 Å². The fourth-order valence-electron chi connectivity index (χ4n) is 4.04. The van der Waals surface area contributed by atoms with Crippen LogP contribution in [0.25, 0.3) is 0 Å². The van der Waals surface area contributed by atoms with Crippen LogP contribution in [0.15, 0.2) is 18.2 Å². The molecule has 1 aromatic carbocycles. The zero-order valence-electron chi connectivity index (χ0n) is 13.4. The molecule has 0 amide bonds. The summed E-state index contributed by atoms with van der Waals surface area (Å²) in [6.45, 7) is 13.2. The van der Waals surface area contributed by atoms with Crippen molar-refractivity contribution in [3.8, 4) is 5.75 Å². The van der Waals surface area contributed by atoms with Gasteiger partial charge in [-0.1, -0.05) is 33.8 Å². The standard InChI is InChI=1S/C18H26O2/c1-16(2)10-12-9-11(7-8-13(12)20-16)14(19)15-17(3,4)18(15,5)6/h7-9,14-15,19H,10H2,1-6H3. The Bertz CT molecular complexity index is 541. The van der Waals surface area contributed by atoms with Crippen LogP contribution >= 0.6 is 0 Å². The van der Waals surface area contributed by atoms with E-state index < -0.39 is 0 Å². The third-order valence-corrected chi connectivity index (χ3v) is 5.88. The first kappa shape index (κ1) is 13.9. The van der Waals surface area contributed by atoms with Crippen LogP contribution in [0.2, 0.25) is 0 Å². The normalized spacial score (nSPS) is 26.8.